The summed E-state index contributed by atoms with van der Waals surface area (Å²) in [4.78, 5) is 24.7. The summed E-state index contributed by atoms with van der Waals surface area (Å²) in [6, 6.07) is 3.93. The number of carbonyl (C=O) groups is 2. The van der Waals surface area contributed by atoms with Gasteiger partial charge in [-0.3, -0.25) is 4.79 Å². The maximum atomic E-state index is 12.4. The van der Waals surface area contributed by atoms with Crippen LogP contribution in [0.5, 0.6) is 0 Å². The summed E-state index contributed by atoms with van der Waals surface area (Å²) in [7, 11) is 0. The minimum Gasteiger partial charge on any atom is -0.480 e. The lowest BCUT2D eigenvalue weighted by atomic mass is 10.1. The van der Waals surface area contributed by atoms with E-state index in [4.69, 9.17) is 16.7 Å². The van der Waals surface area contributed by atoms with Crippen LogP contribution in [0.2, 0.25) is 5.02 Å². The number of carboxylic acid groups (broad SMARTS) is 1. The van der Waals surface area contributed by atoms with Gasteiger partial charge in [0, 0.05) is 23.6 Å². The van der Waals surface area contributed by atoms with Crippen molar-refractivity contribution in [1.29, 1.82) is 0 Å². The van der Waals surface area contributed by atoms with E-state index in [9.17, 15) is 14.7 Å². The number of aliphatic carboxylic acids is 1. The highest BCUT2D eigenvalue weighted by Crippen LogP contribution is 2.25. The van der Waals surface area contributed by atoms with Gasteiger partial charge in [0.1, 0.15) is 6.04 Å². The number of amides is 1. The van der Waals surface area contributed by atoms with Crippen molar-refractivity contribution in [2.45, 2.75) is 25.5 Å². The van der Waals surface area contributed by atoms with Gasteiger partial charge in [-0.1, -0.05) is 17.7 Å². The lowest BCUT2D eigenvalue weighted by Gasteiger charge is -2.22. The Bertz CT molecular complexity index is 531. The second-order valence-corrected chi connectivity index (χ2v) is 5.02. The standard InChI is InChI=1S/C13H14ClNO4/c1-7-9(3-2-4-10(7)14)12(17)15-6-8(16)5-11(15)13(18)19/h2-4,8,11,16H,5-6H2,1H3,(H,18,19)/t8-,11+/m1/s1. The molecule has 102 valence electrons. The molecule has 0 spiro atoms. The molecule has 19 heavy (non-hydrogen) atoms. The van der Waals surface area contributed by atoms with E-state index in [0.29, 0.717) is 16.1 Å². The number of benzene rings is 1. The number of hydrogen-bond donors (Lipinski definition) is 2. The van der Waals surface area contributed by atoms with Gasteiger partial charge in [-0.05, 0) is 24.6 Å². The summed E-state index contributed by atoms with van der Waals surface area (Å²) in [5.41, 5.74) is 0.979. The lowest BCUT2D eigenvalue weighted by Crippen LogP contribution is -2.40. The van der Waals surface area contributed by atoms with Crippen molar-refractivity contribution in [3.05, 3.63) is 34.3 Å². The molecule has 2 N–H and O–H groups in total. The first-order valence-electron chi connectivity index (χ1n) is 5.88. The van der Waals surface area contributed by atoms with Gasteiger partial charge < -0.3 is 15.1 Å². The van der Waals surface area contributed by atoms with Crippen LogP contribution < -0.4 is 0 Å². The fourth-order valence-corrected chi connectivity index (χ4v) is 2.44. The Labute approximate surface area is 115 Å². The van der Waals surface area contributed by atoms with Crippen LogP contribution in [0.1, 0.15) is 22.3 Å². The zero-order chi connectivity index (χ0) is 14.2. The van der Waals surface area contributed by atoms with Crippen molar-refractivity contribution in [3.63, 3.8) is 0 Å². The molecule has 2 atom stereocenters. The summed E-state index contributed by atoms with van der Waals surface area (Å²) in [6.07, 6.45) is -0.745. The molecule has 1 aliphatic rings. The van der Waals surface area contributed by atoms with E-state index < -0.39 is 24.0 Å². The Hall–Kier alpha value is -1.59. The van der Waals surface area contributed by atoms with Crippen LogP contribution in [0.3, 0.4) is 0 Å². The van der Waals surface area contributed by atoms with E-state index in [1.165, 1.54) is 4.90 Å². The molecule has 1 fully saturated rings. The van der Waals surface area contributed by atoms with E-state index in [2.05, 4.69) is 0 Å². The summed E-state index contributed by atoms with van der Waals surface area (Å²) >= 11 is 5.96. The summed E-state index contributed by atoms with van der Waals surface area (Å²) in [5.74, 6) is -1.52. The number of aliphatic hydroxyl groups excluding tert-OH is 1. The van der Waals surface area contributed by atoms with Gasteiger partial charge in [0.15, 0.2) is 0 Å². The Morgan fingerprint density at radius 2 is 2.11 bits per heavy atom. The third-order valence-electron chi connectivity index (χ3n) is 3.32. The maximum Gasteiger partial charge on any atom is 0.326 e. The molecule has 1 aromatic carbocycles. The predicted molar refractivity (Wildman–Crippen MR) is 69.3 cm³/mol. The third kappa shape index (κ3) is 2.57. The highest BCUT2D eigenvalue weighted by molar-refractivity contribution is 6.31. The zero-order valence-electron chi connectivity index (χ0n) is 10.3. The lowest BCUT2D eigenvalue weighted by molar-refractivity contribution is -0.141. The van der Waals surface area contributed by atoms with Crippen LogP contribution in [0.25, 0.3) is 0 Å². The first kappa shape index (κ1) is 13.8. The highest BCUT2D eigenvalue weighted by atomic mass is 35.5. The first-order valence-corrected chi connectivity index (χ1v) is 6.26. The minimum absolute atomic E-state index is 0.0295. The molecule has 5 nitrogen and oxygen atoms in total. The number of β-amino-alcohol motifs (C(OH)–C–C–N with tert-alkyl or cyclic N) is 1. The van der Waals surface area contributed by atoms with Gasteiger partial charge in [0.25, 0.3) is 5.91 Å². The fraction of sp³-hybridized carbons (Fsp3) is 0.385. The molecule has 1 saturated heterocycles. The topological polar surface area (TPSA) is 77.8 Å². The van der Waals surface area contributed by atoms with Crippen molar-refractivity contribution < 1.29 is 19.8 Å². The van der Waals surface area contributed by atoms with Crippen LogP contribution in [-0.2, 0) is 4.79 Å². The normalized spacial score (nSPS) is 22.6. The van der Waals surface area contributed by atoms with Gasteiger partial charge in [0.05, 0.1) is 6.10 Å². The summed E-state index contributed by atoms with van der Waals surface area (Å²) in [5, 5.41) is 19.1. The van der Waals surface area contributed by atoms with E-state index in [-0.39, 0.29) is 13.0 Å². The molecule has 0 aromatic heterocycles. The second kappa shape index (κ2) is 5.19. The Kier molecular flexibility index (Phi) is 3.78. The number of hydrogen-bond acceptors (Lipinski definition) is 3. The quantitative estimate of drug-likeness (QED) is 0.858. The molecule has 1 amide bonds. The van der Waals surface area contributed by atoms with E-state index in [1.54, 1.807) is 25.1 Å². The van der Waals surface area contributed by atoms with Gasteiger partial charge in [-0.25, -0.2) is 4.79 Å². The SMILES string of the molecule is Cc1c(Cl)cccc1C(=O)N1C[C@H](O)C[C@H]1C(=O)O. The Morgan fingerprint density at radius 3 is 2.74 bits per heavy atom. The molecule has 1 heterocycles. The van der Waals surface area contributed by atoms with Gasteiger partial charge in [-0.15, -0.1) is 0 Å². The number of aliphatic hydroxyl groups is 1. The Balaban J connectivity index is 2.33. The van der Waals surface area contributed by atoms with Crippen molar-refractivity contribution in [1.82, 2.24) is 4.90 Å². The molecule has 0 radical (unpaired) electrons. The number of rotatable bonds is 2. The molecule has 0 saturated carbocycles. The van der Waals surface area contributed by atoms with Crippen LogP contribution in [-0.4, -0.2) is 45.7 Å². The zero-order valence-corrected chi connectivity index (χ0v) is 11.1. The van der Waals surface area contributed by atoms with Crippen molar-refractivity contribution >= 4 is 23.5 Å². The van der Waals surface area contributed by atoms with Gasteiger partial charge >= 0.3 is 5.97 Å². The van der Waals surface area contributed by atoms with Gasteiger partial charge in [0.2, 0.25) is 0 Å². The molecule has 0 aliphatic carbocycles. The van der Waals surface area contributed by atoms with E-state index >= 15 is 0 Å². The summed E-state index contributed by atoms with van der Waals surface area (Å²) < 4.78 is 0. The molecular weight excluding hydrogens is 270 g/mol. The monoisotopic (exact) mass is 283 g/mol. The Morgan fingerprint density at radius 1 is 1.42 bits per heavy atom. The predicted octanol–water partition coefficient (Wildman–Crippen LogP) is 1.31. The maximum absolute atomic E-state index is 12.4. The van der Waals surface area contributed by atoms with E-state index in [1.807, 2.05) is 0 Å². The molecule has 1 aliphatic heterocycles. The number of likely N-dealkylation sites (tertiary alicyclic amines) is 1. The minimum atomic E-state index is -1.11. The van der Waals surface area contributed by atoms with Crippen molar-refractivity contribution in [3.8, 4) is 0 Å². The number of halogens is 1. The van der Waals surface area contributed by atoms with E-state index in [0.717, 1.165) is 0 Å². The smallest absolute Gasteiger partial charge is 0.326 e. The average Bonchev–Trinajstić information content (AvgIpc) is 2.74. The molecule has 1 aromatic rings. The van der Waals surface area contributed by atoms with Crippen LogP contribution in [0.4, 0.5) is 0 Å². The van der Waals surface area contributed by atoms with Crippen molar-refractivity contribution in [2.75, 3.05) is 6.54 Å². The van der Waals surface area contributed by atoms with Crippen LogP contribution in [0.15, 0.2) is 18.2 Å². The molecular formula is C13H14ClNO4. The average molecular weight is 284 g/mol. The summed E-state index contributed by atoms with van der Waals surface area (Å²) in [6.45, 7) is 1.74. The largest absolute Gasteiger partial charge is 0.480 e. The van der Waals surface area contributed by atoms with Crippen LogP contribution >= 0.6 is 11.6 Å². The number of carbonyl (C=O) groups excluding carboxylic acids is 1. The second-order valence-electron chi connectivity index (χ2n) is 4.61. The molecule has 2 rings (SSSR count). The van der Waals surface area contributed by atoms with Crippen molar-refractivity contribution in [2.24, 2.45) is 0 Å². The molecule has 6 heteroatoms. The number of nitrogens with zero attached hydrogens (tertiary/aromatic N) is 1. The highest BCUT2D eigenvalue weighted by Gasteiger charge is 2.39. The number of carboxylic acids is 1. The first-order chi connectivity index (χ1) is 8.91. The molecule has 0 unspecified atom stereocenters. The molecule has 0 bridgehead atoms. The fourth-order valence-electron chi connectivity index (χ4n) is 2.27. The third-order valence-corrected chi connectivity index (χ3v) is 3.73. The van der Waals surface area contributed by atoms with Crippen LogP contribution in [0, 0.1) is 6.92 Å². The van der Waals surface area contributed by atoms with Gasteiger partial charge in [-0.2, -0.15) is 0 Å².